The molecule has 2 aliphatic rings. The Kier molecular flexibility index (Phi) is 4.35. The second kappa shape index (κ2) is 5.52. The Balaban J connectivity index is 1.80. The number of hydrogen-bond donors (Lipinski definition) is 2. The van der Waals surface area contributed by atoms with E-state index in [1.807, 2.05) is 20.8 Å². The number of nitrogens with one attached hydrogen (secondary N) is 1. The first-order valence-corrected chi connectivity index (χ1v) is 7.61. The van der Waals surface area contributed by atoms with E-state index in [4.69, 9.17) is 9.47 Å². The number of thiol groups is 1. The molecule has 1 saturated heterocycles. The number of carbonyl (C=O) groups excluding carboxylic acids is 1. The van der Waals surface area contributed by atoms with E-state index in [0.29, 0.717) is 11.9 Å². The summed E-state index contributed by atoms with van der Waals surface area (Å²) in [6.45, 7) is 6.20. The number of hydrogen-bond acceptors (Lipinski definition) is 4. The molecule has 1 atom stereocenters. The second-order valence-electron chi connectivity index (χ2n) is 6.77. The van der Waals surface area contributed by atoms with Gasteiger partial charge in [0.1, 0.15) is 5.60 Å². The van der Waals surface area contributed by atoms with E-state index in [1.165, 1.54) is 0 Å². The summed E-state index contributed by atoms with van der Waals surface area (Å²) in [5.74, 6) is 0. The Morgan fingerprint density at radius 2 is 2.00 bits per heavy atom. The predicted octanol–water partition coefficient (Wildman–Crippen LogP) is 2.91. The van der Waals surface area contributed by atoms with Gasteiger partial charge in [0.05, 0.1) is 18.2 Å². The fourth-order valence-electron chi connectivity index (χ4n) is 2.89. The van der Waals surface area contributed by atoms with Gasteiger partial charge in [-0.15, -0.1) is 0 Å². The van der Waals surface area contributed by atoms with Gasteiger partial charge in [0, 0.05) is 5.25 Å². The standard InChI is InChI=1S/C14H25NO3S/c1-13(2,3)18-12(16)15-10-8-14(17-9-10)6-4-11(19)5-7-14/h10-11,19H,4-9H2,1-3H3,(H,15,16). The first kappa shape index (κ1) is 15.0. The zero-order valence-electron chi connectivity index (χ0n) is 12.1. The third-order valence-corrected chi connectivity index (χ3v) is 4.31. The van der Waals surface area contributed by atoms with Crippen LogP contribution in [0.15, 0.2) is 0 Å². The fraction of sp³-hybridized carbons (Fsp3) is 0.929. The predicted molar refractivity (Wildman–Crippen MR) is 77.7 cm³/mol. The van der Waals surface area contributed by atoms with Crippen LogP contribution in [0.25, 0.3) is 0 Å². The SMILES string of the molecule is CC(C)(C)OC(=O)NC1COC2(CCC(S)CC2)C1. The largest absolute Gasteiger partial charge is 0.444 e. The summed E-state index contributed by atoms with van der Waals surface area (Å²) in [5.41, 5.74) is -0.482. The lowest BCUT2D eigenvalue weighted by Crippen LogP contribution is -2.41. The zero-order valence-corrected chi connectivity index (χ0v) is 13.0. The van der Waals surface area contributed by atoms with Crippen LogP contribution >= 0.6 is 12.6 Å². The van der Waals surface area contributed by atoms with Crippen molar-refractivity contribution in [1.82, 2.24) is 5.32 Å². The Labute approximate surface area is 121 Å². The molecule has 1 saturated carbocycles. The molecule has 0 aromatic carbocycles. The summed E-state index contributed by atoms with van der Waals surface area (Å²) in [4.78, 5) is 11.7. The molecule has 4 nitrogen and oxygen atoms in total. The lowest BCUT2D eigenvalue weighted by atomic mass is 9.82. The van der Waals surface area contributed by atoms with Gasteiger partial charge in [0.25, 0.3) is 0 Å². The van der Waals surface area contributed by atoms with E-state index < -0.39 is 5.60 Å². The van der Waals surface area contributed by atoms with E-state index in [0.717, 1.165) is 32.1 Å². The number of alkyl carbamates (subject to hydrolysis) is 1. The van der Waals surface area contributed by atoms with Crippen molar-refractivity contribution in [1.29, 1.82) is 0 Å². The van der Waals surface area contributed by atoms with Crippen molar-refractivity contribution in [3.8, 4) is 0 Å². The molecule has 2 fully saturated rings. The van der Waals surface area contributed by atoms with Crippen LogP contribution < -0.4 is 5.32 Å². The molecule has 0 bridgehead atoms. The van der Waals surface area contributed by atoms with Crippen LogP contribution in [0, 0.1) is 0 Å². The van der Waals surface area contributed by atoms with Gasteiger partial charge < -0.3 is 14.8 Å². The van der Waals surface area contributed by atoms with Gasteiger partial charge >= 0.3 is 6.09 Å². The summed E-state index contributed by atoms with van der Waals surface area (Å²) in [5, 5.41) is 3.42. The molecule has 0 aromatic rings. The van der Waals surface area contributed by atoms with Crippen LogP contribution in [-0.2, 0) is 9.47 Å². The lowest BCUT2D eigenvalue weighted by Gasteiger charge is -2.34. The van der Waals surface area contributed by atoms with Crippen molar-refractivity contribution in [3.63, 3.8) is 0 Å². The highest BCUT2D eigenvalue weighted by Crippen LogP contribution is 2.40. The lowest BCUT2D eigenvalue weighted by molar-refractivity contribution is -0.0235. The van der Waals surface area contributed by atoms with E-state index in [2.05, 4.69) is 17.9 Å². The Hall–Kier alpha value is -0.420. The summed E-state index contributed by atoms with van der Waals surface area (Å²) in [7, 11) is 0. The molecule has 1 heterocycles. The molecule has 1 aliphatic carbocycles. The third-order valence-electron chi connectivity index (χ3n) is 3.80. The number of carbonyl (C=O) groups is 1. The molecule has 5 heteroatoms. The molecule has 0 radical (unpaired) electrons. The Morgan fingerprint density at radius 3 is 2.58 bits per heavy atom. The van der Waals surface area contributed by atoms with Gasteiger partial charge in [-0.3, -0.25) is 0 Å². The number of rotatable bonds is 1. The van der Waals surface area contributed by atoms with Gasteiger partial charge in [-0.25, -0.2) is 4.79 Å². The highest BCUT2D eigenvalue weighted by molar-refractivity contribution is 7.80. The maximum Gasteiger partial charge on any atom is 0.407 e. The molecule has 2 rings (SSSR count). The molecule has 110 valence electrons. The third kappa shape index (κ3) is 4.28. The van der Waals surface area contributed by atoms with Gasteiger partial charge in [-0.05, 0) is 52.9 Å². The minimum Gasteiger partial charge on any atom is -0.444 e. The van der Waals surface area contributed by atoms with Gasteiger partial charge in [0.2, 0.25) is 0 Å². The van der Waals surface area contributed by atoms with Crippen molar-refractivity contribution >= 4 is 18.7 Å². The maximum atomic E-state index is 11.7. The first-order valence-electron chi connectivity index (χ1n) is 7.10. The van der Waals surface area contributed by atoms with E-state index in [9.17, 15) is 4.79 Å². The van der Waals surface area contributed by atoms with Gasteiger partial charge in [-0.2, -0.15) is 12.6 Å². The second-order valence-corrected chi connectivity index (χ2v) is 7.50. The van der Waals surface area contributed by atoms with Crippen molar-refractivity contribution in [2.75, 3.05) is 6.61 Å². The minimum atomic E-state index is -0.453. The molecule has 1 N–H and O–H groups in total. The molecular weight excluding hydrogens is 262 g/mol. The maximum absolute atomic E-state index is 11.7. The fourth-order valence-corrected chi connectivity index (χ4v) is 3.15. The monoisotopic (exact) mass is 287 g/mol. The van der Waals surface area contributed by atoms with Gasteiger partial charge in [0.15, 0.2) is 0 Å². The zero-order chi connectivity index (χ0) is 14.1. The molecule has 0 aromatic heterocycles. The van der Waals surface area contributed by atoms with Crippen LogP contribution in [-0.4, -0.2) is 35.2 Å². The average molecular weight is 287 g/mol. The molecule has 1 spiro atoms. The summed E-state index contributed by atoms with van der Waals surface area (Å²) in [6, 6.07) is 0.0753. The highest BCUT2D eigenvalue weighted by Gasteiger charge is 2.43. The van der Waals surface area contributed by atoms with Crippen LogP contribution in [0.4, 0.5) is 4.79 Å². The van der Waals surface area contributed by atoms with Crippen LogP contribution in [0.2, 0.25) is 0 Å². The molecule has 1 aliphatic heterocycles. The normalized spacial score (nSPS) is 35.4. The van der Waals surface area contributed by atoms with Gasteiger partial charge in [-0.1, -0.05) is 0 Å². The molecule has 19 heavy (non-hydrogen) atoms. The quantitative estimate of drug-likeness (QED) is 0.729. The van der Waals surface area contributed by atoms with Crippen molar-refractivity contribution in [3.05, 3.63) is 0 Å². The van der Waals surface area contributed by atoms with Crippen molar-refractivity contribution < 1.29 is 14.3 Å². The van der Waals surface area contributed by atoms with Crippen molar-refractivity contribution in [2.24, 2.45) is 0 Å². The van der Waals surface area contributed by atoms with E-state index in [-0.39, 0.29) is 17.7 Å². The number of amides is 1. The van der Waals surface area contributed by atoms with Crippen LogP contribution in [0.3, 0.4) is 0 Å². The number of ether oxygens (including phenoxy) is 2. The topological polar surface area (TPSA) is 47.6 Å². The van der Waals surface area contributed by atoms with Crippen LogP contribution in [0.1, 0.15) is 52.9 Å². The average Bonchev–Trinajstić information content (AvgIpc) is 2.64. The molecule has 1 amide bonds. The van der Waals surface area contributed by atoms with E-state index >= 15 is 0 Å². The molecular formula is C14H25NO3S. The smallest absolute Gasteiger partial charge is 0.407 e. The Morgan fingerprint density at radius 1 is 1.37 bits per heavy atom. The summed E-state index contributed by atoms with van der Waals surface area (Å²) >= 11 is 4.52. The van der Waals surface area contributed by atoms with Crippen molar-refractivity contribution in [2.45, 2.75) is 75.4 Å². The molecule has 1 unspecified atom stereocenters. The highest BCUT2D eigenvalue weighted by atomic mass is 32.1. The first-order chi connectivity index (χ1) is 8.78. The summed E-state index contributed by atoms with van der Waals surface area (Å²) < 4.78 is 11.2. The van der Waals surface area contributed by atoms with E-state index in [1.54, 1.807) is 0 Å². The van der Waals surface area contributed by atoms with Crippen LogP contribution in [0.5, 0.6) is 0 Å². The Bertz CT molecular complexity index is 332. The minimum absolute atomic E-state index is 0.0289. The summed E-state index contributed by atoms with van der Waals surface area (Å²) in [6.07, 6.45) is 4.85.